The Morgan fingerprint density at radius 1 is 0.474 bits per heavy atom. The van der Waals surface area contributed by atoms with Crippen LogP contribution in [-0.2, 0) is 12.0 Å². The monoisotopic (exact) mass is 982 g/mol. The van der Waals surface area contributed by atoms with Gasteiger partial charge in [0.25, 0.3) is 0 Å². The summed E-state index contributed by atoms with van der Waals surface area (Å²) in [5.74, 6) is 0.654. The first-order chi connectivity index (χ1) is 37.5. The van der Waals surface area contributed by atoms with Crippen LogP contribution in [0.4, 0.5) is 0 Å². The largest absolute Gasteiger partial charge is 0.340 e. The Bertz CT molecular complexity index is 3890. The number of nitrogens with zero attached hydrogens (tertiary/aromatic N) is 1. The summed E-state index contributed by atoms with van der Waals surface area (Å²) in [5.41, 5.74) is 40.1. The molecule has 0 spiro atoms. The minimum absolute atomic E-state index is 0.441. The third-order valence-corrected chi connectivity index (χ3v) is 16.4. The van der Waals surface area contributed by atoms with E-state index in [9.17, 15) is 0 Å². The Morgan fingerprint density at radius 2 is 1.03 bits per heavy atom. The highest BCUT2D eigenvalue weighted by Crippen LogP contribution is 2.55. The van der Waals surface area contributed by atoms with Crippen molar-refractivity contribution in [2.75, 3.05) is 0 Å². The number of benzene rings is 8. The van der Waals surface area contributed by atoms with Crippen molar-refractivity contribution in [1.29, 1.82) is 0 Å². The molecule has 2 unspecified atom stereocenters. The van der Waals surface area contributed by atoms with Gasteiger partial charge in [-0.1, -0.05) is 223 Å². The summed E-state index contributed by atoms with van der Waals surface area (Å²) in [7, 11) is 0. The van der Waals surface area contributed by atoms with E-state index in [1.54, 1.807) is 0 Å². The number of rotatable bonds is 18. The highest BCUT2D eigenvalue weighted by molar-refractivity contribution is 6.11. The van der Waals surface area contributed by atoms with Crippen molar-refractivity contribution in [2.24, 2.45) is 5.92 Å². The van der Waals surface area contributed by atoms with Crippen molar-refractivity contribution in [3.8, 4) is 55.6 Å². The Morgan fingerprint density at radius 3 is 1.67 bits per heavy atom. The van der Waals surface area contributed by atoms with E-state index >= 15 is 0 Å². The summed E-state index contributed by atoms with van der Waals surface area (Å²) in [6, 6.07) is 66.3. The summed E-state index contributed by atoms with van der Waals surface area (Å²) in [6.45, 7) is 11.6. The Kier molecular flexibility index (Phi) is 14.9. The van der Waals surface area contributed by atoms with Gasteiger partial charge in [0.1, 0.15) is 0 Å². The molecule has 0 saturated carbocycles. The van der Waals surface area contributed by atoms with E-state index in [0.717, 1.165) is 19.4 Å². The van der Waals surface area contributed by atoms with Gasteiger partial charge in [-0.15, -0.1) is 0 Å². The van der Waals surface area contributed by atoms with Gasteiger partial charge in [0.15, 0.2) is 0 Å². The summed E-state index contributed by atoms with van der Waals surface area (Å²) < 4.78 is 2.60. The van der Waals surface area contributed by atoms with Crippen LogP contribution in [0.1, 0.15) is 119 Å². The van der Waals surface area contributed by atoms with Gasteiger partial charge in [0.2, 0.25) is 0 Å². The fourth-order valence-corrected chi connectivity index (χ4v) is 12.4. The first-order valence-corrected chi connectivity index (χ1v) is 28.1. The molecule has 0 amide bonds. The number of aromatic nitrogens is 1. The van der Waals surface area contributed by atoms with Crippen LogP contribution in [0.25, 0.3) is 89.1 Å². The van der Waals surface area contributed by atoms with Crippen LogP contribution in [0.3, 0.4) is 0 Å². The quantitative estimate of drug-likeness (QED) is 0.0596. The molecule has 0 radical (unpaired) electrons. The van der Waals surface area contributed by atoms with Gasteiger partial charge in [-0.05, 0) is 192 Å². The second-order valence-corrected chi connectivity index (χ2v) is 21.1. The van der Waals surface area contributed by atoms with Gasteiger partial charge in [0, 0.05) is 33.8 Å². The molecule has 11 rings (SSSR count). The summed E-state index contributed by atoms with van der Waals surface area (Å²) in [6.07, 6.45) is 18.0. The number of allylic oxidation sites excluding steroid dienone is 1. The van der Waals surface area contributed by atoms with E-state index in [-0.39, 0.29) is 0 Å². The lowest BCUT2D eigenvalue weighted by Gasteiger charge is -2.29. The SMILES string of the molecule is C=C=C=C=C=C=C=CC1(CCCCCCCC)c2cc(-c3ccccc3)ccc2-c2ccc(-c3ccc4c(c3)/C(=C\c3ccc5c(c3)c3ccccc3n5CC(CC)CCCC)c3cc(-c5ccccc5)ccc3-4)cc21. The van der Waals surface area contributed by atoms with Crippen LogP contribution in [0.5, 0.6) is 0 Å². The van der Waals surface area contributed by atoms with Crippen molar-refractivity contribution < 1.29 is 0 Å². The van der Waals surface area contributed by atoms with Crippen LogP contribution in [-0.4, -0.2) is 4.57 Å². The van der Waals surface area contributed by atoms with Gasteiger partial charge >= 0.3 is 0 Å². The van der Waals surface area contributed by atoms with Crippen molar-refractivity contribution >= 4 is 33.5 Å². The molecular weight excluding hydrogens is 915 g/mol. The molecule has 372 valence electrons. The summed E-state index contributed by atoms with van der Waals surface area (Å²) in [5, 5.41) is 2.64. The van der Waals surface area contributed by atoms with E-state index in [0.29, 0.717) is 5.92 Å². The maximum Gasteiger partial charge on any atom is 0.0491 e. The first-order valence-electron chi connectivity index (χ1n) is 28.1. The molecule has 76 heavy (non-hydrogen) atoms. The molecule has 9 aromatic rings. The van der Waals surface area contributed by atoms with Crippen molar-refractivity contribution in [1.82, 2.24) is 4.57 Å². The Labute approximate surface area is 451 Å². The molecule has 2 atom stereocenters. The predicted molar refractivity (Wildman–Crippen MR) is 323 cm³/mol. The Hall–Kier alpha value is -8.28. The Balaban J connectivity index is 1.06. The maximum atomic E-state index is 3.63. The number of unbranched alkanes of at least 4 members (excludes halogenated alkanes) is 6. The number of hydrogen-bond acceptors (Lipinski definition) is 0. The minimum atomic E-state index is -0.441. The van der Waals surface area contributed by atoms with Crippen LogP contribution < -0.4 is 0 Å². The van der Waals surface area contributed by atoms with Crippen LogP contribution in [0, 0.1) is 5.92 Å². The lowest BCUT2D eigenvalue weighted by atomic mass is 9.73. The third kappa shape index (κ3) is 9.79. The maximum absolute atomic E-state index is 3.63. The molecule has 1 aromatic heterocycles. The van der Waals surface area contributed by atoms with Gasteiger partial charge < -0.3 is 4.57 Å². The van der Waals surface area contributed by atoms with E-state index < -0.39 is 5.41 Å². The van der Waals surface area contributed by atoms with Crippen molar-refractivity contribution in [2.45, 2.75) is 103 Å². The summed E-state index contributed by atoms with van der Waals surface area (Å²) in [4.78, 5) is 0. The second-order valence-electron chi connectivity index (χ2n) is 21.1. The first kappa shape index (κ1) is 49.9. The van der Waals surface area contributed by atoms with Crippen LogP contribution in [0.2, 0.25) is 0 Å². The van der Waals surface area contributed by atoms with E-state index in [1.807, 2.05) is 0 Å². The van der Waals surface area contributed by atoms with E-state index in [2.05, 4.69) is 254 Å². The zero-order valence-corrected chi connectivity index (χ0v) is 44.6. The van der Waals surface area contributed by atoms with Crippen molar-refractivity contribution in [3.63, 3.8) is 0 Å². The average Bonchev–Trinajstić information content (AvgIpc) is 4.20. The molecule has 0 saturated heterocycles. The molecule has 1 heteroatoms. The molecule has 0 N–H and O–H groups in total. The third-order valence-electron chi connectivity index (χ3n) is 16.4. The smallest absolute Gasteiger partial charge is 0.0491 e. The summed E-state index contributed by atoms with van der Waals surface area (Å²) >= 11 is 0. The minimum Gasteiger partial charge on any atom is -0.340 e. The molecule has 0 bridgehead atoms. The van der Waals surface area contributed by atoms with Crippen molar-refractivity contribution in [3.05, 3.63) is 251 Å². The fourth-order valence-electron chi connectivity index (χ4n) is 12.4. The molecular formula is C75H67N. The predicted octanol–water partition coefficient (Wildman–Crippen LogP) is 20.7. The molecule has 0 aliphatic heterocycles. The normalized spacial score (nSPS) is 14.6. The van der Waals surface area contributed by atoms with E-state index in [4.69, 9.17) is 0 Å². The molecule has 2 aliphatic carbocycles. The van der Waals surface area contributed by atoms with E-state index in [1.165, 1.54) is 169 Å². The molecule has 8 aromatic carbocycles. The molecule has 2 aliphatic rings. The lowest BCUT2D eigenvalue weighted by Crippen LogP contribution is -2.22. The average molecular weight is 982 g/mol. The molecule has 1 heterocycles. The van der Waals surface area contributed by atoms with Gasteiger partial charge in [-0.3, -0.25) is 0 Å². The molecule has 1 nitrogen and oxygen atoms in total. The molecule has 0 fully saturated rings. The fraction of sp³-hybridized carbons (Fsp3) is 0.227. The zero-order chi connectivity index (χ0) is 51.8. The highest BCUT2D eigenvalue weighted by Gasteiger charge is 2.42. The highest BCUT2D eigenvalue weighted by atomic mass is 15.0. The lowest BCUT2D eigenvalue weighted by molar-refractivity contribution is 0.401. The second kappa shape index (κ2) is 22.7. The number of para-hydroxylation sites is 1. The van der Waals surface area contributed by atoms with Gasteiger partial charge in [-0.25, -0.2) is 0 Å². The van der Waals surface area contributed by atoms with Gasteiger partial charge in [-0.2, -0.15) is 0 Å². The standard InChI is InChI=1S/C75H67N/c1-5-9-12-14-16-26-45-75(46-27-17-15-13-10-6-2)71-51-60(57-31-22-19-23-32-57)38-42-64(71)65-43-39-61(52-72(65)75)59-37-41-63-62-40-36-58(56-29-20-18-21-30-56)49-68(62)67(69(63)50-59)47-55-35-44-74-70(48-55)66-33-24-25-34-73(66)76(74)53-54(8-4)28-11-7-3/h18-25,29-45,47-52,54H,1,6-8,10-11,13,15,17,27-28,46,53H2,2-4H3/b67-47-. The van der Waals surface area contributed by atoms with Crippen LogP contribution in [0.15, 0.2) is 223 Å². The zero-order valence-electron chi connectivity index (χ0n) is 44.6. The number of fused-ring (bicyclic) bond motifs is 9. The topological polar surface area (TPSA) is 4.93 Å². The number of hydrogen-bond donors (Lipinski definition) is 0. The van der Waals surface area contributed by atoms with Gasteiger partial charge in [0.05, 0.1) is 0 Å². The van der Waals surface area contributed by atoms with Crippen LogP contribution >= 0.6 is 0 Å².